The van der Waals surface area contributed by atoms with E-state index in [-0.39, 0.29) is 19.6 Å². The van der Waals surface area contributed by atoms with Gasteiger partial charge in [-0.2, -0.15) is 5.10 Å². The van der Waals surface area contributed by atoms with Crippen molar-refractivity contribution < 1.29 is 15.0 Å². The Morgan fingerprint density at radius 1 is 1.21 bits per heavy atom. The minimum Gasteiger partial charge on any atom is -0.465 e. The van der Waals surface area contributed by atoms with Gasteiger partial charge in [-0.3, -0.25) is 0 Å². The molecule has 0 spiro atoms. The zero-order valence-electron chi connectivity index (χ0n) is 15.2. The number of carbonyl (C=O) groups is 1. The molecular formula is C18H19ClN6O3. The predicted octanol–water partition coefficient (Wildman–Crippen LogP) is 2.02. The van der Waals surface area contributed by atoms with Crippen molar-refractivity contribution in [3.63, 3.8) is 0 Å². The van der Waals surface area contributed by atoms with E-state index in [9.17, 15) is 15.0 Å². The SMILES string of the molecule is CC1(O)CN(C(=O)O)CCN(c2cccc(-n3ncc4cnc(Cl)cc43)n2)C1. The third-order valence-corrected chi connectivity index (χ3v) is 4.86. The Balaban J connectivity index is 1.68. The zero-order valence-corrected chi connectivity index (χ0v) is 15.9. The van der Waals surface area contributed by atoms with Gasteiger partial charge in [0.25, 0.3) is 0 Å². The molecule has 1 atom stereocenters. The van der Waals surface area contributed by atoms with E-state index in [2.05, 4.69) is 15.1 Å². The van der Waals surface area contributed by atoms with Crippen LogP contribution in [0.4, 0.5) is 10.6 Å². The molecule has 4 rings (SSSR count). The Kier molecular flexibility index (Phi) is 4.56. The van der Waals surface area contributed by atoms with Crippen molar-refractivity contribution in [3.05, 3.63) is 41.8 Å². The van der Waals surface area contributed by atoms with E-state index in [1.165, 1.54) is 4.90 Å². The van der Waals surface area contributed by atoms with E-state index in [1.807, 2.05) is 23.1 Å². The van der Waals surface area contributed by atoms with Gasteiger partial charge in [0, 0.05) is 37.3 Å². The lowest BCUT2D eigenvalue weighted by molar-refractivity contribution is 0.0378. The predicted molar refractivity (Wildman–Crippen MR) is 104 cm³/mol. The van der Waals surface area contributed by atoms with Gasteiger partial charge in [0.2, 0.25) is 0 Å². The van der Waals surface area contributed by atoms with Crippen molar-refractivity contribution in [2.75, 3.05) is 31.1 Å². The molecule has 9 nitrogen and oxygen atoms in total. The first-order chi connectivity index (χ1) is 13.3. The Bertz CT molecular complexity index is 1040. The van der Waals surface area contributed by atoms with E-state index in [0.717, 1.165) is 10.9 Å². The average Bonchev–Trinajstić information content (AvgIpc) is 2.98. The third-order valence-electron chi connectivity index (χ3n) is 4.65. The number of nitrogens with zero attached hydrogens (tertiary/aromatic N) is 6. The molecule has 1 aliphatic heterocycles. The molecule has 28 heavy (non-hydrogen) atoms. The first kappa shape index (κ1) is 18.5. The maximum atomic E-state index is 11.4. The topological polar surface area (TPSA) is 108 Å². The molecule has 1 unspecified atom stereocenters. The van der Waals surface area contributed by atoms with Gasteiger partial charge in [0.1, 0.15) is 11.0 Å². The van der Waals surface area contributed by atoms with Crippen LogP contribution in [-0.2, 0) is 0 Å². The molecule has 4 heterocycles. The highest BCUT2D eigenvalue weighted by molar-refractivity contribution is 6.30. The van der Waals surface area contributed by atoms with Crippen molar-refractivity contribution in [1.29, 1.82) is 0 Å². The van der Waals surface area contributed by atoms with Crippen LogP contribution in [0.2, 0.25) is 5.15 Å². The van der Waals surface area contributed by atoms with Crippen LogP contribution in [0.15, 0.2) is 36.7 Å². The highest BCUT2D eigenvalue weighted by Gasteiger charge is 2.33. The molecule has 3 aromatic rings. The molecule has 0 bridgehead atoms. The van der Waals surface area contributed by atoms with E-state index in [0.29, 0.717) is 23.3 Å². The number of aromatic nitrogens is 4. The summed E-state index contributed by atoms with van der Waals surface area (Å²) in [4.78, 5) is 23.2. The summed E-state index contributed by atoms with van der Waals surface area (Å²) >= 11 is 6.02. The normalized spacial score (nSPS) is 20.4. The zero-order chi connectivity index (χ0) is 19.9. The number of rotatable bonds is 2. The van der Waals surface area contributed by atoms with Crippen molar-refractivity contribution in [1.82, 2.24) is 24.6 Å². The van der Waals surface area contributed by atoms with Crippen LogP contribution in [0.25, 0.3) is 16.7 Å². The van der Waals surface area contributed by atoms with Crippen LogP contribution < -0.4 is 4.90 Å². The average molecular weight is 403 g/mol. The van der Waals surface area contributed by atoms with Gasteiger partial charge < -0.3 is 20.0 Å². The third kappa shape index (κ3) is 3.58. The molecule has 2 N–H and O–H groups in total. The number of hydrogen-bond acceptors (Lipinski definition) is 6. The lowest BCUT2D eigenvalue weighted by Gasteiger charge is -2.29. The van der Waals surface area contributed by atoms with E-state index in [1.54, 1.807) is 30.1 Å². The van der Waals surface area contributed by atoms with Crippen LogP contribution in [0.1, 0.15) is 6.92 Å². The largest absolute Gasteiger partial charge is 0.465 e. The van der Waals surface area contributed by atoms with Gasteiger partial charge in [-0.1, -0.05) is 17.7 Å². The first-order valence-electron chi connectivity index (χ1n) is 8.74. The fraction of sp³-hybridized carbons (Fsp3) is 0.333. The number of carboxylic acid groups (broad SMARTS) is 1. The van der Waals surface area contributed by atoms with Gasteiger partial charge >= 0.3 is 6.09 Å². The number of halogens is 1. The van der Waals surface area contributed by atoms with Gasteiger partial charge in [-0.25, -0.2) is 19.4 Å². The number of β-amino-alcohol motifs (C(OH)–C–C–N with tert-alkyl or cyclic N) is 1. The number of fused-ring (bicyclic) bond motifs is 1. The van der Waals surface area contributed by atoms with Crippen LogP contribution in [0.5, 0.6) is 0 Å². The molecule has 3 aromatic heterocycles. The lowest BCUT2D eigenvalue weighted by atomic mass is 10.1. The quantitative estimate of drug-likeness (QED) is 0.631. The van der Waals surface area contributed by atoms with Crippen molar-refractivity contribution in [2.24, 2.45) is 0 Å². The molecule has 1 amide bonds. The minimum atomic E-state index is -1.19. The summed E-state index contributed by atoms with van der Waals surface area (Å²) in [6.07, 6.45) is 2.30. The number of aliphatic hydroxyl groups is 1. The molecule has 146 valence electrons. The Labute approximate surface area is 165 Å². The van der Waals surface area contributed by atoms with Gasteiger partial charge in [-0.05, 0) is 19.1 Å². The van der Waals surface area contributed by atoms with Crippen LogP contribution in [0, 0.1) is 0 Å². The molecule has 10 heteroatoms. The number of anilines is 1. The monoisotopic (exact) mass is 402 g/mol. The number of pyridine rings is 2. The van der Waals surface area contributed by atoms with Gasteiger partial charge in [0.15, 0.2) is 5.82 Å². The molecule has 1 aliphatic rings. The highest BCUT2D eigenvalue weighted by Crippen LogP contribution is 2.23. The van der Waals surface area contributed by atoms with Crippen LogP contribution >= 0.6 is 11.6 Å². The number of hydrogen-bond donors (Lipinski definition) is 2. The summed E-state index contributed by atoms with van der Waals surface area (Å²) < 4.78 is 1.67. The number of amides is 1. The maximum Gasteiger partial charge on any atom is 0.407 e. The summed E-state index contributed by atoms with van der Waals surface area (Å²) in [5, 5.41) is 25.5. The van der Waals surface area contributed by atoms with E-state index >= 15 is 0 Å². The van der Waals surface area contributed by atoms with Crippen LogP contribution in [-0.4, -0.2) is 72.7 Å². The second-order valence-corrected chi connectivity index (χ2v) is 7.49. The minimum absolute atomic E-state index is 0.0494. The lowest BCUT2D eigenvalue weighted by Crippen LogP contribution is -2.45. The smallest absolute Gasteiger partial charge is 0.407 e. The van der Waals surface area contributed by atoms with Crippen molar-refractivity contribution in [3.8, 4) is 5.82 Å². The molecule has 0 radical (unpaired) electrons. The van der Waals surface area contributed by atoms with Gasteiger partial charge in [0.05, 0.1) is 23.9 Å². The van der Waals surface area contributed by atoms with Gasteiger partial charge in [-0.15, -0.1) is 0 Å². The Morgan fingerprint density at radius 3 is 2.79 bits per heavy atom. The fourth-order valence-corrected chi connectivity index (χ4v) is 3.57. The molecule has 0 aliphatic carbocycles. The molecule has 1 saturated heterocycles. The summed E-state index contributed by atoms with van der Waals surface area (Å²) in [6, 6.07) is 7.22. The van der Waals surface area contributed by atoms with E-state index in [4.69, 9.17) is 11.6 Å². The van der Waals surface area contributed by atoms with E-state index < -0.39 is 11.7 Å². The summed E-state index contributed by atoms with van der Waals surface area (Å²) in [5.74, 6) is 1.22. The first-order valence-corrected chi connectivity index (χ1v) is 9.12. The van der Waals surface area contributed by atoms with Crippen LogP contribution in [0.3, 0.4) is 0 Å². The van der Waals surface area contributed by atoms with Crippen molar-refractivity contribution >= 4 is 34.4 Å². The molecule has 0 aromatic carbocycles. The standard InChI is InChI=1S/C18H19ClN6O3/c1-18(28)10-23(5-6-24(11-18)17(26)27)15-3-2-4-16(22-15)25-13-7-14(19)20-8-12(13)9-21-25/h2-4,7-9,28H,5-6,10-11H2,1H3,(H,26,27). The highest BCUT2D eigenvalue weighted by atomic mass is 35.5. The Morgan fingerprint density at radius 2 is 2.00 bits per heavy atom. The maximum absolute atomic E-state index is 11.4. The summed E-state index contributed by atoms with van der Waals surface area (Å²) in [5.41, 5.74) is -0.408. The summed E-state index contributed by atoms with van der Waals surface area (Å²) in [6.45, 7) is 2.65. The molecule has 0 saturated carbocycles. The second kappa shape index (κ2) is 6.92. The second-order valence-electron chi connectivity index (χ2n) is 7.10. The van der Waals surface area contributed by atoms with Crippen molar-refractivity contribution in [2.45, 2.75) is 12.5 Å². The molecule has 1 fully saturated rings. The molecular weight excluding hydrogens is 384 g/mol. The Hall–Kier alpha value is -2.91. The fourth-order valence-electron chi connectivity index (χ4n) is 3.42. The summed E-state index contributed by atoms with van der Waals surface area (Å²) in [7, 11) is 0.